The molecule has 0 saturated carbocycles. The Kier molecular flexibility index (Phi) is 5.52. The second-order valence-electron chi connectivity index (χ2n) is 6.97. The van der Waals surface area contributed by atoms with Gasteiger partial charge in [-0.05, 0) is 30.7 Å². The summed E-state index contributed by atoms with van der Waals surface area (Å²) in [5.74, 6) is 0.193. The first-order valence-corrected chi connectivity index (χ1v) is 9.69. The molecule has 0 amide bonds. The first kappa shape index (κ1) is 20.1. The molecule has 0 saturated heterocycles. The lowest BCUT2D eigenvalue weighted by Gasteiger charge is -2.14. The van der Waals surface area contributed by atoms with Crippen LogP contribution in [-0.2, 0) is 6.54 Å². The number of pyridine rings is 2. The number of rotatable bonds is 6. The van der Waals surface area contributed by atoms with Crippen LogP contribution < -0.4 is 10.9 Å². The Morgan fingerprint density at radius 2 is 2.00 bits per heavy atom. The first-order valence-electron chi connectivity index (χ1n) is 9.31. The summed E-state index contributed by atoms with van der Waals surface area (Å²) in [6.07, 6.45) is 4.60. The maximum atomic E-state index is 13.1. The molecule has 154 valence electrons. The van der Waals surface area contributed by atoms with Gasteiger partial charge in [0.2, 0.25) is 0 Å². The van der Waals surface area contributed by atoms with Crippen molar-refractivity contribution >= 4 is 28.3 Å². The predicted molar refractivity (Wildman–Crippen MR) is 114 cm³/mol. The van der Waals surface area contributed by atoms with E-state index in [2.05, 4.69) is 15.4 Å². The van der Waals surface area contributed by atoms with Crippen LogP contribution in [0.4, 0.5) is 10.2 Å². The fraction of sp³-hybridized carbons (Fsp3) is 0.190. The van der Waals surface area contributed by atoms with Crippen LogP contribution in [0.3, 0.4) is 0 Å². The highest BCUT2D eigenvalue weighted by Gasteiger charge is 2.13. The van der Waals surface area contributed by atoms with Gasteiger partial charge in [-0.15, -0.1) is 0 Å². The summed E-state index contributed by atoms with van der Waals surface area (Å²) >= 11 is 6.30. The number of hydrogen-bond acceptors (Lipinski definition) is 5. The Balaban J connectivity index is 1.72. The zero-order chi connectivity index (χ0) is 21.3. The van der Waals surface area contributed by atoms with Gasteiger partial charge in [-0.1, -0.05) is 23.7 Å². The number of hydrogen-bond donors (Lipinski definition) is 2. The molecule has 2 N–H and O–H groups in total. The maximum Gasteiger partial charge on any atom is 0.266 e. The van der Waals surface area contributed by atoms with E-state index < -0.39 is 0 Å². The molecule has 0 bridgehead atoms. The normalized spacial score (nSPS) is 12.3. The van der Waals surface area contributed by atoms with Gasteiger partial charge in [0, 0.05) is 18.3 Å². The summed E-state index contributed by atoms with van der Waals surface area (Å²) in [4.78, 5) is 17.3. The molecule has 0 aliphatic rings. The first-order chi connectivity index (χ1) is 14.5. The van der Waals surface area contributed by atoms with Crippen LogP contribution in [0.2, 0.25) is 5.02 Å². The zero-order valence-electron chi connectivity index (χ0n) is 16.1. The molecule has 0 spiro atoms. The van der Waals surface area contributed by atoms with Crippen LogP contribution in [0.15, 0.2) is 59.8 Å². The molecule has 30 heavy (non-hydrogen) atoms. The molecule has 7 nitrogen and oxygen atoms in total. The second kappa shape index (κ2) is 8.25. The third-order valence-electron chi connectivity index (χ3n) is 4.72. The molecule has 3 aromatic heterocycles. The molecule has 3 heterocycles. The Morgan fingerprint density at radius 3 is 2.73 bits per heavy atom. The summed E-state index contributed by atoms with van der Waals surface area (Å²) in [6, 6.07) is 9.39. The monoisotopic (exact) mass is 427 g/mol. The van der Waals surface area contributed by atoms with Crippen LogP contribution >= 0.6 is 11.6 Å². The van der Waals surface area contributed by atoms with E-state index in [0.717, 1.165) is 5.56 Å². The highest BCUT2D eigenvalue weighted by atomic mass is 35.5. The Labute approximate surface area is 176 Å². The summed E-state index contributed by atoms with van der Waals surface area (Å²) in [7, 11) is 0. The molecular weight excluding hydrogens is 409 g/mol. The maximum absolute atomic E-state index is 13.1. The van der Waals surface area contributed by atoms with Gasteiger partial charge in [0.1, 0.15) is 11.6 Å². The van der Waals surface area contributed by atoms with E-state index in [4.69, 9.17) is 11.6 Å². The quantitative estimate of drug-likeness (QED) is 0.493. The van der Waals surface area contributed by atoms with Gasteiger partial charge in [-0.3, -0.25) is 14.0 Å². The van der Waals surface area contributed by atoms with Gasteiger partial charge in [-0.2, -0.15) is 5.10 Å². The van der Waals surface area contributed by atoms with Crippen molar-refractivity contribution in [2.24, 2.45) is 0 Å². The minimum absolute atomic E-state index is 0.0568. The van der Waals surface area contributed by atoms with Gasteiger partial charge < -0.3 is 10.4 Å². The van der Waals surface area contributed by atoms with Crippen LogP contribution in [0.25, 0.3) is 16.6 Å². The van der Waals surface area contributed by atoms with Crippen LogP contribution in [-0.4, -0.2) is 37.1 Å². The number of aliphatic hydroxyl groups excluding tert-OH is 1. The molecule has 9 heteroatoms. The standard InChI is InChI=1S/C21H19ClFN5O2/c1-13(12-29)26-20-8-19(17(22)10-24-20)27-7-6-18-16(21(27)30)9-25-28(18)11-14-2-4-15(23)5-3-14/h2-10,13,29H,11-12H2,1H3,(H,24,26)/t13-/m0/s1. The van der Waals surface area contributed by atoms with Gasteiger partial charge in [0.05, 0.1) is 47.2 Å². The number of aliphatic hydroxyl groups is 1. The molecule has 0 aliphatic carbocycles. The van der Waals surface area contributed by atoms with Gasteiger partial charge >= 0.3 is 0 Å². The summed E-state index contributed by atoms with van der Waals surface area (Å²) in [6.45, 7) is 2.17. The van der Waals surface area contributed by atoms with Crippen molar-refractivity contribution in [2.45, 2.75) is 19.5 Å². The minimum Gasteiger partial charge on any atom is -0.394 e. The molecule has 0 fully saturated rings. The van der Waals surface area contributed by atoms with Crippen LogP contribution in [0.1, 0.15) is 12.5 Å². The summed E-state index contributed by atoms with van der Waals surface area (Å²) in [5.41, 5.74) is 1.74. The van der Waals surface area contributed by atoms with Gasteiger partial charge in [0.25, 0.3) is 5.56 Å². The zero-order valence-corrected chi connectivity index (χ0v) is 16.8. The van der Waals surface area contributed by atoms with Crippen molar-refractivity contribution in [3.05, 3.63) is 81.7 Å². The third kappa shape index (κ3) is 3.92. The molecule has 1 atom stereocenters. The third-order valence-corrected chi connectivity index (χ3v) is 5.01. The molecule has 1 aromatic carbocycles. The Hall–Kier alpha value is -3.23. The van der Waals surface area contributed by atoms with Crippen LogP contribution in [0.5, 0.6) is 0 Å². The van der Waals surface area contributed by atoms with Crippen molar-refractivity contribution in [3.8, 4) is 5.69 Å². The Morgan fingerprint density at radius 1 is 1.23 bits per heavy atom. The predicted octanol–water partition coefficient (Wildman–Crippen LogP) is 3.22. The number of fused-ring (bicyclic) bond motifs is 1. The van der Waals surface area contributed by atoms with E-state index in [0.29, 0.717) is 34.0 Å². The lowest BCUT2D eigenvalue weighted by molar-refractivity contribution is 0.281. The van der Waals surface area contributed by atoms with E-state index >= 15 is 0 Å². The Bertz CT molecular complexity index is 1250. The fourth-order valence-corrected chi connectivity index (χ4v) is 3.34. The van der Waals surface area contributed by atoms with E-state index in [1.807, 2.05) is 6.92 Å². The number of aromatic nitrogens is 4. The van der Waals surface area contributed by atoms with E-state index in [-0.39, 0.29) is 24.0 Å². The van der Waals surface area contributed by atoms with Crippen molar-refractivity contribution in [1.29, 1.82) is 0 Å². The van der Waals surface area contributed by atoms with Gasteiger partial charge in [0.15, 0.2) is 0 Å². The molecular formula is C21H19ClFN5O2. The number of nitrogens with zero attached hydrogens (tertiary/aromatic N) is 4. The van der Waals surface area contributed by atoms with Crippen molar-refractivity contribution in [2.75, 3.05) is 11.9 Å². The molecule has 4 aromatic rings. The van der Waals surface area contributed by atoms with E-state index in [9.17, 15) is 14.3 Å². The molecule has 0 radical (unpaired) electrons. The fourth-order valence-electron chi connectivity index (χ4n) is 3.15. The topological polar surface area (TPSA) is 85.0 Å². The van der Waals surface area contributed by atoms with Crippen LogP contribution in [0, 0.1) is 5.82 Å². The SMILES string of the molecule is C[C@@H](CO)Nc1cc(-n2ccc3c(cnn3Cc3ccc(F)cc3)c2=O)c(Cl)cn1. The largest absolute Gasteiger partial charge is 0.394 e. The second-order valence-corrected chi connectivity index (χ2v) is 7.37. The highest BCUT2D eigenvalue weighted by molar-refractivity contribution is 6.32. The molecule has 0 unspecified atom stereocenters. The number of halogens is 2. The smallest absolute Gasteiger partial charge is 0.266 e. The van der Waals surface area contributed by atoms with E-state index in [1.54, 1.807) is 35.1 Å². The number of benzene rings is 1. The lowest BCUT2D eigenvalue weighted by Crippen LogP contribution is -2.21. The average molecular weight is 428 g/mol. The molecule has 4 rings (SSSR count). The molecule has 0 aliphatic heterocycles. The minimum atomic E-state index is -0.302. The summed E-state index contributed by atoms with van der Waals surface area (Å²) in [5, 5.41) is 17.3. The van der Waals surface area contributed by atoms with Crippen molar-refractivity contribution in [1.82, 2.24) is 19.3 Å². The van der Waals surface area contributed by atoms with Crippen molar-refractivity contribution < 1.29 is 9.50 Å². The highest BCUT2D eigenvalue weighted by Crippen LogP contribution is 2.23. The van der Waals surface area contributed by atoms with Gasteiger partial charge in [-0.25, -0.2) is 9.37 Å². The number of anilines is 1. The lowest BCUT2D eigenvalue weighted by atomic mass is 10.2. The average Bonchev–Trinajstić information content (AvgIpc) is 3.15. The van der Waals surface area contributed by atoms with Crippen molar-refractivity contribution in [3.63, 3.8) is 0 Å². The summed E-state index contributed by atoms with van der Waals surface area (Å²) < 4.78 is 16.3. The van der Waals surface area contributed by atoms with E-state index in [1.165, 1.54) is 29.1 Å². The number of nitrogens with one attached hydrogen (secondary N) is 1.